The first-order valence-electron chi connectivity index (χ1n) is 8.03. The van der Waals surface area contributed by atoms with Crippen molar-refractivity contribution < 1.29 is 28.9 Å². The van der Waals surface area contributed by atoms with Gasteiger partial charge in [-0.25, -0.2) is 4.79 Å². The number of carboxylic acid groups (broad SMARTS) is 1. The minimum Gasteiger partial charge on any atom is -0.497 e. The Balaban J connectivity index is 2.42. The van der Waals surface area contributed by atoms with Crippen molar-refractivity contribution in [1.82, 2.24) is 0 Å². The summed E-state index contributed by atoms with van der Waals surface area (Å²) < 4.78 is 15.6. The number of carbonyl (C=O) groups excluding carboxylic acids is 1. The highest BCUT2D eigenvalue weighted by atomic mass is 16.5. The lowest BCUT2D eigenvalue weighted by atomic mass is 9.97. The van der Waals surface area contributed by atoms with Gasteiger partial charge in [0.1, 0.15) is 12.4 Å². The normalized spacial score (nSPS) is 12.8. The molecule has 0 amide bonds. The van der Waals surface area contributed by atoms with Gasteiger partial charge in [-0.05, 0) is 38.5 Å². The Labute approximate surface area is 148 Å². The molecule has 0 heterocycles. The van der Waals surface area contributed by atoms with Gasteiger partial charge in [-0.2, -0.15) is 0 Å². The SMILES string of the molecule is COc1ccc(CO[C@@H](C/C=C/COC(=O)C(C)(C)C)C(=O)O)cc1. The number of ether oxygens (including phenoxy) is 3. The Morgan fingerprint density at radius 2 is 1.80 bits per heavy atom. The van der Waals surface area contributed by atoms with Gasteiger partial charge in [0.15, 0.2) is 6.10 Å². The topological polar surface area (TPSA) is 82.1 Å². The Bertz CT molecular complexity index is 583. The number of carbonyl (C=O) groups is 2. The number of hydrogen-bond acceptors (Lipinski definition) is 5. The molecule has 1 atom stereocenters. The maximum atomic E-state index is 11.6. The number of aliphatic carboxylic acids is 1. The summed E-state index contributed by atoms with van der Waals surface area (Å²) in [6.07, 6.45) is 2.49. The van der Waals surface area contributed by atoms with E-state index in [1.807, 2.05) is 12.1 Å². The second-order valence-corrected chi connectivity index (χ2v) is 6.54. The molecule has 1 aromatic rings. The first-order valence-corrected chi connectivity index (χ1v) is 8.03. The zero-order valence-corrected chi connectivity index (χ0v) is 15.2. The van der Waals surface area contributed by atoms with Crippen molar-refractivity contribution in [2.75, 3.05) is 13.7 Å². The van der Waals surface area contributed by atoms with E-state index in [-0.39, 0.29) is 25.6 Å². The average Bonchev–Trinajstić information content (AvgIpc) is 2.56. The van der Waals surface area contributed by atoms with E-state index in [1.54, 1.807) is 52.2 Å². The summed E-state index contributed by atoms with van der Waals surface area (Å²) in [6, 6.07) is 7.22. The molecule has 0 aliphatic carbocycles. The van der Waals surface area contributed by atoms with Gasteiger partial charge in [-0.3, -0.25) is 4.79 Å². The van der Waals surface area contributed by atoms with Gasteiger partial charge in [0.2, 0.25) is 0 Å². The van der Waals surface area contributed by atoms with Gasteiger partial charge in [0, 0.05) is 6.42 Å². The largest absolute Gasteiger partial charge is 0.497 e. The van der Waals surface area contributed by atoms with E-state index in [1.165, 1.54) is 0 Å². The Morgan fingerprint density at radius 3 is 2.32 bits per heavy atom. The Morgan fingerprint density at radius 1 is 1.16 bits per heavy atom. The Kier molecular flexibility index (Phi) is 8.15. The van der Waals surface area contributed by atoms with Crippen molar-refractivity contribution in [2.24, 2.45) is 5.41 Å². The molecular formula is C19H26O6. The lowest BCUT2D eigenvalue weighted by Gasteiger charge is -2.15. The number of benzene rings is 1. The van der Waals surface area contributed by atoms with Crippen LogP contribution in [0.4, 0.5) is 0 Å². The molecule has 6 heteroatoms. The van der Waals surface area contributed by atoms with Gasteiger partial charge in [0.25, 0.3) is 0 Å². The molecule has 6 nitrogen and oxygen atoms in total. The van der Waals surface area contributed by atoms with E-state index in [0.29, 0.717) is 0 Å². The molecule has 0 radical (unpaired) electrons. The molecule has 0 aromatic heterocycles. The van der Waals surface area contributed by atoms with Crippen LogP contribution in [0.3, 0.4) is 0 Å². The summed E-state index contributed by atoms with van der Waals surface area (Å²) in [4.78, 5) is 22.9. The maximum Gasteiger partial charge on any atom is 0.333 e. The minimum atomic E-state index is -1.04. The zero-order chi connectivity index (χ0) is 18.9. The van der Waals surface area contributed by atoms with Crippen LogP contribution in [0.5, 0.6) is 5.75 Å². The fraction of sp³-hybridized carbons (Fsp3) is 0.474. The molecule has 0 unspecified atom stereocenters. The number of carboxylic acids is 1. The fourth-order valence-electron chi connectivity index (χ4n) is 1.79. The van der Waals surface area contributed by atoms with Crippen molar-refractivity contribution in [1.29, 1.82) is 0 Å². The molecule has 0 fully saturated rings. The molecule has 0 aliphatic rings. The predicted octanol–water partition coefficient (Wildman–Crippen LogP) is 3.20. The molecule has 0 spiro atoms. The van der Waals surface area contributed by atoms with Crippen molar-refractivity contribution in [3.05, 3.63) is 42.0 Å². The quantitative estimate of drug-likeness (QED) is 0.544. The van der Waals surface area contributed by atoms with E-state index in [2.05, 4.69) is 0 Å². The second kappa shape index (κ2) is 9.84. The third-order valence-corrected chi connectivity index (χ3v) is 3.33. The first-order chi connectivity index (χ1) is 11.7. The van der Waals surface area contributed by atoms with Crippen LogP contribution in [0.2, 0.25) is 0 Å². The molecule has 0 bridgehead atoms. The summed E-state index contributed by atoms with van der Waals surface area (Å²) >= 11 is 0. The lowest BCUT2D eigenvalue weighted by molar-refractivity contribution is -0.152. The van der Waals surface area contributed by atoms with E-state index >= 15 is 0 Å². The van der Waals surface area contributed by atoms with Crippen molar-refractivity contribution in [3.8, 4) is 5.75 Å². The molecule has 1 aromatic carbocycles. The zero-order valence-electron chi connectivity index (χ0n) is 15.2. The van der Waals surface area contributed by atoms with E-state index in [4.69, 9.17) is 14.2 Å². The summed E-state index contributed by atoms with van der Waals surface area (Å²) in [7, 11) is 1.58. The number of hydrogen-bond donors (Lipinski definition) is 1. The molecular weight excluding hydrogens is 324 g/mol. The molecule has 1 N–H and O–H groups in total. The standard InChI is InChI=1S/C19H26O6/c1-19(2,3)18(22)24-12-6-5-7-16(17(20)21)25-13-14-8-10-15(23-4)11-9-14/h5-6,8-11,16H,7,12-13H2,1-4H3,(H,20,21)/b6-5+/t16-/m0/s1. The van der Waals surface area contributed by atoms with Gasteiger partial charge < -0.3 is 19.3 Å². The summed E-state index contributed by atoms with van der Waals surface area (Å²) in [5.74, 6) is -0.612. The van der Waals surface area contributed by atoms with Crippen molar-refractivity contribution in [3.63, 3.8) is 0 Å². The van der Waals surface area contributed by atoms with E-state index < -0.39 is 17.5 Å². The summed E-state index contributed by atoms with van der Waals surface area (Å²) in [5.41, 5.74) is 0.300. The third kappa shape index (κ3) is 7.85. The minimum absolute atomic E-state index is 0.112. The van der Waals surface area contributed by atoms with Crippen LogP contribution in [-0.4, -0.2) is 36.9 Å². The average molecular weight is 350 g/mol. The van der Waals surface area contributed by atoms with Gasteiger partial charge in [-0.1, -0.05) is 24.3 Å². The van der Waals surface area contributed by atoms with E-state index in [9.17, 15) is 14.7 Å². The summed E-state index contributed by atoms with van der Waals surface area (Å²) in [5, 5.41) is 9.22. The molecule has 25 heavy (non-hydrogen) atoms. The third-order valence-electron chi connectivity index (χ3n) is 3.33. The van der Waals surface area contributed by atoms with Crippen LogP contribution < -0.4 is 4.74 Å². The van der Waals surface area contributed by atoms with Crippen LogP contribution in [0.15, 0.2) is 36.4 Å². The van der Waals surface area contributed by atoms with Crippen LogP contribution in [0.25, 0.3) is 0 Å². The fourth-order valence-corrected chi connectivity index (χ4v) is 1.79. The smallest absolute Gasteiger partial charge is 0.333 e. The lowest BCUT2D eigenvalue weighted by Crippen LogP contribution is -2.23. The van der Waals surface area contributed by atoms with Gasteiger partial charge in [0.05, 0.1) is 19.1 Å². The molecule has 138 valence electrons. The monoisotopic (exact) mass is 350 g/mol. The molecule has 0 saturated heterocycles. The highest BCUT2D eigenvalue weighted by Gasteiger charge is 2.22. The maximum absolute atomic E-state index is 11.6. The van der Waals surface area contributed by atoms with Crippen molar-refractivity contribution in [2.45, 2.75) is 39.9 Å². The van der Waals surface area contributed by atoms with Crippen molar-refractivity contribution >= 4 is 11.9 Å². The Hall–Kier alpha value is -2.34. The summed E-state index contributed by atoms with van der Waals surface area (Å²) in [6.45, 7) is 5.61. The van der Waals surface area contributed by atoms with Crippen LogP contribution in [0, 0.1) is 5.41 Å². The highest BCUT2D eigenvalue weighted by Crippen LogP contribution is 2.15. The van der Waals surface area contributed by atoms with Crippen LogP contribution >= 0.6 is 0 Å². The van der Waals surface area contributed by atoms with Gasteiger partial charge in [-0.15, -0.1) is 0 Å². The molecule has 1 rings (SSSR count). The second-order valence-electron chi connectivity index (χ2n) is 6.54. The number of esters is 1. The first kappa shape index (κ1) is 20.7. The van der Waals surface area contributed by atoms with E-state index in [0.717, 1.165) is 11.3 Å². The number of rotatable bonds is 9. The van der Waals surface area contributed by atoms with Gasteiger partial charge >= 0.3 is 11.9 Å². The predicted molar refractivity (Wildman–Crippen MR) is 93.4 cm³/mol. The molecule has 0 saturated carbocycles. The highest BCUT2D eigenvalue weighted by molar-refractivity contribution is 5.75. The van der Waals surface area contributed by atoms with Crippen LogP contribution in [0.1, 0.15) is 32.8 Å². The number of methoxy groups -OCH3 is 1. The molecule has 0 aliphatic heterocycles. The van der Waals surface area contributed by atoms with Crippen LogP contribution in [-0.2, 0) is 25.7 Å².